The number of hydrogen-bond donors (Lipinski definition) is 2. The highest BCUT2D eigenvalue weighted by atomic mass is 32.2. The van der Waals surface area contributed by atoms with Crippen LogP contribution in [-0.2, 0) is 10.0 Å². The van der Waals surface area contributed by atoms with Gasteiger partial charge in [0.1, 0.15) is 0 Å². The first-order chi connectivity index (χ1) is 12.8. The summed E-state index contributed by atoms with van der Waals surface area (Å²) in [6, 6.07) is 12.1. The van der Waals surface area contributed by atoms with Crippen LogP contribution in [0.2, 0.25) is 0 Å². The topological polar surface area (TPSA) is 78.5 Å². The van der Waals surface area contributed by atoms with Crippen LogP contribution in [0.1, 0.15) is 28.4 Å². The number of piperazine rings is 1. The van der Waals surface area contributed by atoms with Gasteiger partial charge in [-0.3, -0.25) is 9.52 Å². The number of carbonyl (C=O) groups is 1. The molecule has 1 fully saturated rings. The van der Waals surface area contributed by atoms with Crippen LogP contribution in [0.5, 0.6) is 0 Å². The Labute approximate surface area is 160 Å². The zero-order valence-corrected chi connectivity index (χ0v) is 16.6. The minimum Gasteiger partial charge on any atom is -0.336 e. The molecule has 0 aromatic heterocycles. The predicted molar refractivity (Wildman–Crippen MR) is 107 cm³/mol. The fraction of sp³-hybridized carbons (Fsp3) is 0.350. The molecule has 0 bridgehead atoms. The second-order valence-electron chi connectivity index (χ2n) is 7.06. The van der Waals surface area contributed by atoms with Gasteiger partial charge in [0.15, 0.2) is 0 Å². The van der Waals surface area contributed by atoms with E-state index >= 15 is 0 Å². The number of aryl methyl sites for hydroxylation is 2. The quantitative estimate of drug-likeness (QED) is 0.845. The molecule has 1 aliphatic rings. The lowest BCUT2D eigenvalue weighted by atomic mass is 10.1. The molecule has 3 rings (SSSR count). The second kappa shape index (κ2) is 7.70. The van der Waals surface area contributed by atoms with Gasteiger partial charge in [0.2, 0.25) is 0 Å². The Bertz CT molecular complexity index is 957. The van der Waals surface area contributed by atoms with Gasteiger partial charge in [0, 0.05) is 36.9 Å². The van der Waals surface area contributed by atoms with E-state index in [0.717, 1.165) is 17.7 Å². The Hall–Kier alpha value is -2.38. The fourth-order valence-corrected chi connectivity index (χ4v) is 4.28. The zero-order valence-electron chi connectivity index (χ0n) is 15.8. The van der Waals surface area contributed by atoms with Crippen molar-refractivity contribution in [2.24, 2.45) is 0 Å². The molecule has 1 saturated heterocycles. The lowest BCUT2D eigenvalue weighted by molar-refractivity contribution is 0.0708. The molecule has 0 radical (unpaired) electrons. The highest BCUT2D eigenvalue weighted by molar-refractivity contribution is 7.92. The summed E-state index contributed by atoms with van der Waals surface area (Å²) in [4.78, 5) is 14.8. The van der Waals surface area contributed by atoms with E-state index in [1.807, 2.05) is 26.8 Å². The van der Waals surface area contributed by atoms with Gasteiger partial charge in [0.25, 0.3) is 15.9 Å². The first kappa shape index (κ1) is 19.4. The first-order valence-electron chi connectivity index (χ1n) is 8.99. The smallest absolute Gasteiger partial charge is 0.261 e. The van der Waals surface area contributed by atoms with Gasteiger partial charge in [-0.05, 0) is 56.2 Å². The summed E-state index contributed by atoms with van der Waals surface area (Å²) in [5.74, 6) is -0.131. The molecule has 0 aliphatic carbocycles. The molecule has 2 aromatic carbocycles. The maximum absolute atomic E-state index is 12.9. The number of anilines is 1. The van der Waals surface area contributed by atoms with Crippen LogP contribution in [0.25, 0.3) is 0 Å². The average Bonchev–Trinajstić information content (AvgIpc) is 2.61. The van der Waals surface area contributed by atoms with Crippen LogP contribution >= 0.6 is 0 Å². The number of sulfonamides is 1. The number of nitrogens with one attached hydrogen (secondary N) is 2. The van der Waals surface area contributed by atoms with E-state index < -0.39 is 10.0 Å². The van der Waals surface area contributed by atoms with Crippen LogP contribution in [0.3, 0.4) is 0 Å². The SMILES string of the molecule is Cc1cccc(NS(=O)(=O)c2ccc(C)c(C(=O)N3CCNC(C)C3)c2)c1. The van der Waals surface area contributed by atoms with Gasteiger partial charge < -0.3 is 10.2 Å². The summed E-state index contributed by atoms with van der Waals surface area (Å²) in [7, 11) is -3.78. The van der Waals surface area contributed by atoms with Crippen molar-refractivity contribution >= 4 is 21.6 Å². The highest BCUT2D eigenvalue weighted by Gasteiger charge is 2.24. The molecule has 1 aliphatic heterocycles. The summed E-state index contributed by atoms with van der Waals surface area (Å²) in [5.41, 5.74) is 2.65. The third kappa shape index (κ3) is 4.48. The largest absolute Gasteiger partial charge is 0.336 e. The lowest BCUT2D eigenvalue weighted by Crippen LogP contribution is -2.51. The maximum Gasteiger partial charge on any atom is 0.261 e. The average molecular weight is 388 g/mol. The van der Waals surface area contributed by atoms with Crippen molar-refractivity contribution < 1.29 is 13.2 Å². The van der Waals surface area contributed by atoms with E-state index in [-0.39, 0.29) is 16.8 Å². The standard InChI is InChI=1S/C20H25N3O3S/c1-14-5-4-6-17(11-14)22-27(25,26)18-8-7-15(2)19(12-18)20(24)23-10-9-21-16(3)13-23/h4-8,11-12,16,21-22H,9-10,13H2,1-3H3. The molecule has 144 valence electrons. The molecule has 1 atom stereocenters. The molecule has 1 amide bonds. The molecule has 1 heterocycles. The van der Waals surface area contributed by atoms with Gasteiger partial charge >= 0.3 is 0 Å². The zero-order chi connectivity index (χ0) is 19.6. The monoisotopic (exact) mass is 387 g/mol. The van der Waals surface area contributed by atoms with Crippen LogP contribution in [0, 0.1) is 13.8 Å². The highest BCUT2D eigenvalue weighted by Crippen LogP contribution is 2.21. The number of rotatable bonds is 4. The summed E-state index contributed by atoms with van der Waals surface area (Å²) >= 11 is 0. The normalized spacial score (nSPS) is 17.6. The molecule has 2 N–H and O–H groups in total. The Morgan fingerprint density at radius 3 is 2.67 bits per heavy atom. The third-order valence-corrected chi connectivity index (χ3v) is 6.05. The molecule has 7 heteroatoms. The number of hydrogen-bond acceptors (Lipinski definition) is 4. The molecule has 6 nitrogen and oxygen atoms in total. The Kier molecular flexibility index (Phi) is 5.53. The number of carbonyl (C=O) groups excluding carboxylic acids is 1. The van der Waals surface area contributed by atoms with Gasteiger partial charge in [-0.1, -0.05) is 18.2 Å². The summed E-state index contributed by atoms with van der Waals surface area (Å²) in [6.07, 6.45) is 0. The van der Waals surface area contributed by atoms with Crippen LogP contribution in [0.15, 0.2) is 47.4 Å². The molecule has 2 aromatic rings. The van der Waals surface area contributed by atoms with Crippen molar-refractivity contribution in [2.45, 2.75) is 31.7 Å². The molecular weight excluding hydrogens is 362 g/mol. The van der Waals surface area contributed by atoms with E-state index in [0.29, 0.717) is 24.3 Å². The van der Waals surface area contributed by atoms with E-state index in [1.54, 1.807) is 29.2 Å². The Morgan fingerprint density at radius 2 is 1.96 bits per heavy atom. The molecule has 1 unspecified atom stereocenters. The minimum atomic E-state index is -3.78. The van der Waals surface area contributed by atoms with Gasteiger partial charge in [-0.25, -0.2) is 8.42 Å². The molecular formula is C20H25N3O3S. The van der Waals surface area contributed by atoms with Gasteiger partial charge in [0.05, 0.1) is 4.90 Å². The van der Waals surface area contributed by atoms with Crippen molar-refractivity contribution in [2.75, 3.05) is 24.4 Å². The molecule has 27 heavy (non-hydrogen) atoms. The maximum atomic E-state index is 12.9. The summed E-state index contributed by atoms with van der Waals surface area (Å²) in [5, 5.41) is 3.30. The van der Waals surface area contributed by atoms with Gasteiger partial charge in [-0.2, -0.15) is 0 Å². The van der Waals surface area contributed by atoms with E-state index in [4.69, 9.17) is 0 Å². The Morgan fingerprint density at radius 1 is 1.19 bits per heavy atom. The first-order valence-corrected chi connectivity index (χ1v) is 10.5. The third-order valence-electron chi connectivity index (χ3n) is 4.68. The van der Waals surface area contributed by atoms with Crippen LogP contribution < -0.4 is 10.0 Å². The van der Waals surface area contributed by atoms with E-state index in [1.165, 1.54) is 12.1 Å². The number of benzene rings is 2. The van der Waals surface area contributed by atoms with Crippen LogP contribution in [-0.4, -0.2) is 44.9 Å². The number of nitrogens with zero attached hydrogens (tertiary/aromatic N) is 1. The molecule has 0 spiro atoms. The van der Waals surface area contributed by atoms with E-state index in [2.05, 4.69) is 10.0 Å². The van der Waals surface area contributed by atoms with E-state index in [9.17, 15) is 13.2 Å². The summed E-state index contributed by atoms with van der Waals surface area (Å²) < 4.78 is 28.1. The van der Waals surface area contributed by atoms with Crippen molar-refractivity contribution in [1.29, 1.82) is 0 Å². The Balaban J connectivity index is 1.89. The van der Waals surface area contributed by atoms with Gasteiger partial charge in [-0.15, -0.1) is 0 Å². The fourth-order valence-electron chi connectivity index (χ4n) is 3.21. The van der Waals surface area contributed by atoms with Crippen LogP contribution in [0.4, 0.5) is 5.69 Å². The predicted octanol–water partition coefficient (Wildman–Crippen LogP) is 2.54. The van der Waals surface area contributed by atoms with Crippen molar-refractivity contribution in [3.8, 4) is 0 Å². The minimum absolute atomic E-state index is 0.0844. The number of amides is 1. The van der Waals surface area contributed by atoms with Crippen molar-refractivity contribution in [3.63, 3.8) is 0 Å². The van der Waals surface area contributed by atoms with Crippen molar-refractivity contribution in [3.05, 3.63) is 59.2 Å². The lowest BCUT2D eigenvalue weighted by Gasteiger charge is -2.32. The second-order valence-corrected chi connectivity index (χ2v) is 8.74. The molecule has 0 saturated carbocycles. The summed E-state index contributed by atoms with van der Waals surface area (Å²) in [6.45, 7) is 7.70. The van der Waals surface area contributed by atoms with Crippen molar-refractivity contribution in [1.82, 2.24) is 10.2 Å².